The van der Waals surface area contributed by atoms with Crippen molar-refractivity contribution in [3.8, 4) is 5.75 Å². The molecule has 0 unspecified atom stereocenters. The van der Waals surface area contributed by atoms with E-state index in [4.69, 9.17) is 4.74 Å². The lowest BCUT2D eigenvalue weighted by Gasteiger charge is -2.36. The van der Waals surface area contributed by atoms with Gasteiger partial charge < -0.3 is 14.5 Å². The molecule has 0 atom stereocenters. The van der Waals surface area contributed by atoms with Crippen molar-refractivity contribution in [3.05, 3.63) is 77.7 Å². The largest absolute Gasteiger partial charge is 0.490 e. The average molecular weight is 406 g/mol. The van der Waals surface area contributed by atoms with E-state index in [0.717, 1.165) is 42.7 Å². The second kappa shape index (κ2) is 9.01. The number of benzene rings is 2. The zero-order valence-corrected chi connectivity index (χ0v) is 17.0. The summed E-state index contributed by atoms with van der Waals surface area (Å²) in [6.45, 7) is 7.67. The van der Waals surface area contributed by atoms with E-state index in [2.05, 4.69) is 45.6 Å². The molecule has 2 aliphatic heterocycles. The van der Waals surface area contributed by atoms with Crippen LogP contribution in [0.3, 0.4) is 0 Å². The zero-order chi connectivity index (χ0) is 20.1. The molecule has 148 valence electrons. The Morgan fingerprint density at radius 1 is 1.00 bits per heavy atom. The monoisotopic (exact) mass is 405 g/mol. The number of hydrogen-bond acceptors (Lipinski definition) is 5. The predicted octanol–water partition coefficient (Wildman–Crippen LogP) is 4.04. The van der Waals surface area contributed by atoms with Gasteiger partial charge in [0.05, 0.1) is 4.91 Å². The Morgan fingerprint density at radius 3 is 2.38 bits per heavy atom. The molecular weight excluding hydrogens is 382 g/mol. The summed E-state index contributed by atoms with van der Waals surface area (Å²) in [7, 11) is 0. The van der Waals surface area contributed by atoms with Gasteiger partial charge in [0.15, 0.2) is 5.17 Å². The first kappa shape index (κ1) is 19.3. The van der Waals surface area contributed by atoms with E-state index in [9.17, 15) is 4.79 Å². The van der Waals surface area contributed by atoms with Crippen LogP contribution in [-0.4, -0.2) is 48.8 Å². The topological polar surface area (TPSA) is 45.1 Å². The fourth-order valence-electron chi connectivity index (χ4n) is 3.29. The molecule has 2 aromatic rings. The van der Waals surface area contributed by atoms with Crippen LogP contribution in [0.15, 0.2) is 77.1 Å². The van der Waals surface area contributed by atoms with E-state index >= 15 is 0 Å². The standard InChI is InChI=1S/C23H23N3O2S/c1-2-16-28-20-10-8-18(9-11-20)17-21-22(27)24-23(29-21)26-14-12-25(13-15-26)19-6-4-3-5-7-19/h2-11,17H,1,12-16H2/b21-17+. The molecule has 29 heavy (non-hydrogen) atoms. The highest BCUT2D eigenvalue weighted by Crippen LogP contribution is 2.31. The second-order valence-electron chi connectivity index (χ2n) is 6.79. The SMILES string of the molecule is C=CCOc1ccc(/C=C2/SC(N3CCN(c4ccccc4)CC3)=NC2=O)cc1. The number of aliphatic imine (C=N–C) groups is 1. The van der Waals surface area contributed by atoms with Crippen LogP contribution >= 0.6 is 11.8 Å². The number of anilines is 1. The van der Waals surface area contributed by atoms with Crippen LogP contribution in [0.25, 0.3) is 6.08 Å². The Kier molecular flexibility index (Phi) is 6.00. The summed E-state index contributed by atoms with van der Waals surface area (Å²) in [6.07, 6.45) is 3.60. The van der Waals surface area contributed by atoms with E-state index in [0.29, 0.717) is 11.5 Å². The Hall–Kier alpha value is -2.99. The lowest BCUT2D eigenvalue weighted by molar-refractivity contribution is -0.113. The molecule has 0 saturated carbocycles. The van der Waals surface area contributed by atoms with Crippen LogP contribution in [-0.2, 0) is 4.79 Å². The fourth-order valence-corrected chi connectivity index (χ4v) is 4.26. The number of nitrogens with zero attached hydrogens (tertiary/aromatic N) is 3. The number of hydrogen-bond donors (Lipinski definition) is 0. The molecule has 0 bridgehead atoms. The van der Waals surface area contributed by atoms with Gasteiger partial charge in [-0.2, -0.15) is 4.99 Å². The van der Waals surface area contributed by atoms with Gasteiger partial charge in [-0.3, -0.25) is 4.79 Å². The zero-order valence-electron chi connectivity index (χ0n) is 16.2. The van der Waals surface area contributed by atoms with Crippen LogP contribution < -0.4 is 9.64 Å². The highest BCUT2D eigenvalue weighted by molar-refractivity contribution is 8.18. The highest BCUT2D eigenvalue weighted by Gasteiger charge is 2.28. The van der Waals surface area contributed by atoms with E-state index < -0.39 is 0 Å². The quantitative estimate of drug-likeness (QED) is 0.555. The molecule has 0 radical (unpaired) electrons. The van der Waals surface area contributed by atoms with Crippen LogP contribution in [0, 0.1) is 0 Å². The maximum Gasteiger partial charge on any atom is 0.286 e. The second-order valence-corrected chi connectivity index (χ2v) is 7.80. The van der Waals surface area contributed by atoms with Gasteiger partial charge in [0.25, 0.3) is 5.91 Å². The molecule has 4 rings (SSSR count). The molecule has 0 aliphatic carbocycles. The van der Waals surface area contributed by atoms with E-state index in [1.54, 1.807) is 6.08 Å². The molecule has 0 N–H and O–H groups in total. The Balaban J connectivity index is 1.36. The Labute approximate surface area is 175 Å². The maximum atomic E-state index is 12.4. The van der Waals surface area contributed by atoms with Gasteiger partial charge in [0.1, 0.15) is 12.4 Å². The number of amides is 1. The minimum Gasteiger partial charge on any atom is -0.490 e. The van der Waals surface area contributed by atoms with Gasteiger partial charge in [0.2, 0.25) is 0 Å². The third-order valence-electron chi connectivity index (χ3n) is 4.83. The first-order chi connectivity index (χ1) is 14.2. The van der Waals surface area contributed by atoms with Crippen LogP contribution in [0.2, 0.25) is 0 Å². The van der Waals surface area contributed by atoms with Gasteiger partial charge in [-0.15, -0.1) is 0 Å². The van der Waals surface area contributed by atoms with E-state index in [1.165, 1.54) is 17.4 Å². The van der Waals surface area contributed by atoms with Crippen molar-refractivity contribution in [3.63, 3.8) is 0 Å². The normalized spacial score (nSPS) is 18.1. The summed E-state index contributed by atoms with van der Waals surface area (Å²) in [4.78, 5) is 21.9. The van der Waals surface area contributed by atoms with Crippen LogP contribution in [0.1, 0.15) is 5.56 Å². The van der Waals surface area contributed by atoms with Gasteiger partial charge in [-0.05, 0) is 47.7 Å². The molecule has 2 aromatic carbocycles. The van der Waals surface area contributed by atoms with E-state index in [-0.39, 0.29) is 5.91 Å². The van der Waals surface area contributed by atoms with E-state index in [1.807, 2.05) is 36.4 Å². The fraction of sp³-hybridized carbons (Fsp3) is 0.217. The summed E-state index contributed by atoms with van der Waals surface area (Å²) < 4.78 is 5.49. The average Bonchev–Trinajstić information content (AvgIpc) is 3.14. The number of rotatable bonds is 5. The van der Waals surface area contributed by atoms with Crippen LogP contribution in [0.4, 0.5) is 5.69 Å². The third kappa shape index (κ3) is 4.71. The minimum atomic E-state index is -0.164. The van der Waals surface area contributed by atoms with Crippen molar-refractivity contribution >= 4 is 34.6 Å². The summed E-state index contributed by atoms with van der Waals surface area (Å²) in [5, 5.41) is 0.805. The molecule has 1 fully saturated rings. The first-order valence-corrected chi connectivity index (χ1v) is 10.5. The number of thioether (sulfide) groups is 1. The molecular formula is C23H23N3O2S. The van der Waals surface area contributed by atoms with Crippen LogP contribution in [0.5, 0.6) is 5.75 Å². The molecule has 0 spiro atoms. The van der Waals surface area contributed by atoms with Crippen molar-refractivity contribution in [2.75, 3.05) is 37.7 Å². The number of carbonyl (C=O) groups is 1. The minimum absolute atomic E-state index is 0.164. The lowest BCUT2D eigenvalue weighted by Crippen LogP contribution is -2.47. The Morgan fingerprint density at radius 2 is 1.69 bits per heavy atom. The number of amidine groups is 1. The number of carbonyl (C=O) groups excluding carboxylic acids is 1. The summed E-state index contributed by atoms with van der Waals surface area (Å²) in [5.41, 5.74) is 2.20. The highest BCUT2D eigenvalue weighted by atomic mass is 32.2. The van der Waals surface area contributed by atoms with Crippen molar-refractivity contribution in [1.29, 1.82) is 0 Å². The van der Waals surface area contributed by atoms with Gasteiger partial charge in [-0.25, -0.2) is 0 Å². The smallest absolute Gasteiger partial charge is 0.286 e. The molecule has 6 heteroatoms. The first-order valence-electron chi connectivity index (χ1n) is 9.64. The lowest BCUT2D eigenvalue weighted by atomic mass is 10.2. The van der Waals surface area contributed by atoms with Gasteiger partial charge >= 0.3 is 0 Å². The Bertz CT molecular complexity index is 930. The molecule has 0 aromatic heterocycles. The predicted molar refractivity (Wildman–Crippen MR) is 120 cm³/mol. The number of piperazine rings is 1. The molecule has 1 amide bonds. The van der Waals surface area contributed by atoms with Crippen molar-refractivity contribution < 1.29 is 9.53 Å². The van der Waals surface area contributed by atoms with Gasteiger partial charge in [-0.1, -0.05) is 43.0 Å². The summed E-state index contributed by atoms with van der Waals surface area (Å²) in [5.74, 6) is 0.619. The number of ether oxygens (including phenoxy) is 1. The summed E-state index contributed by atoms with van der Waals surface area (Å²) >= 11 is 1.46. The maximum absolute atomic E-state index is 12.4. The third-order valence-corrected chi connectivity index (χ3v) is 5.87. The molecule has 5 nitrogen and oxygen atoms in total. The van der Waals surface area contributed by atoms with Crippen molar-refractivity contribution in [2.45, 2.75) is 0 Å². The van der Waals surface area contributed by atoms with Crippen molar-refractivity contribution in [1.82, 2.24) is 4.90 Å². The number of para-hydroxylation sites is 1. The van der Waals surface area contributed by atoms with Crippen molar-refractivity contribution in [2.24, 2.45) is 4.99 Å². The molecule has 1 saturated heterocycles. The van der Waals surface area contributed by atoms with Gasteiger partial charge in [0, 0.05) is 31.9 Å². The summed E-state index contributed by atoms with van der Waals surface area (Å²) in [6, 6.07) is 18.1. The molecule has 2 aliphatic rings. The molecule has 2 heterocycles.